The molecule has 0 aromatic rings. The first-order valence-electron chi connectivity index (χ1n) is 6.51. The van der Waals surface area contributed by atoms with Crippen molar-refractivity contribution in [3.63, 3.8) is 0 Å². The molecule has 18 heavy (non-hydrogen) atoms. The largest absolute Gasteiger partial charge is 1.00 e. The number of rotatable bonds is 11. The van der Waals surface area contributed by atoms with Gasteiger partial charge in [0.1, 0.15) is 0 Å². The first kappa shape index (κ1) is 24.4. The average molecular weight is 333 g/mol. The van der Waals surface area contributed by atoms with Gasteiger partial charge < -0.3 is 1.43 Å². The molecule has 0 aliphatic carbocycles. The van der Waals surface area contributed by atoms with Crippen molar-refractivity contribution >= 4 is 10.1 Å². The van der Waals surface area contributed by atoms with E-state index in [9.17, 15) is 8.42 Å². The van der Waals surface area contributed by atoms with Crippen LogP contribution in [0.3, 0.4) is 0 Å². The fourth-order valence-electron chi connectivity index (χ4n) is 1.77. The molecule has 0 aromatic heterocycles. The summed E-state index contributed by atoms with van der Waals surface area (Å²) in [6.45, 7) is 2.22. The molecule has 0 spiro atoms. The van der Waals surface area contributed by atoms with Crippen LogP contribution < -0.4 is 29.6 Å². The minimum Gasteiger partial charge on any atom is -1.00 e. The van der Waals surface area contributed by atoms with Gasteiger partial charge in [-0.2, -0.15) is 8.42 Å². The summed E-state index contributed by atoms with van der Waals surface area (Å²) in [7, 11) is -3.73. The molecule has 0 aliphatic heterocycles. The molecule has 0 fully saturated rings. The summed E-state index contributed by atoms with van der Waals surface area (Å²) in [6.07, 6.45) is 11.7. The van der Waals surface area contributed by atoms with E-state index in [1.165, 1.54) is 44.9 Å². The quantitative estimate of drug-likeness (QED) is 0.347. The van der Waals surface area contributed by atoms with Crippen LogP contribution in [0.1, 0.15) is 72.6 Å². The first-order chi connectivity index (χ1) is 7.56. The van der Waals surface area contributed by atoms with Crippen LogP contribution in [0.4, 0.5) is 0 Å². The Labute approximate surface area is 147 Å². The number of unbranched alkanes of at least 4 members (excludes halogenated alkanes) is 9. The van der Waals surface area contributed by atoms with E-state index < -0.39 is 10.1 Å². The van der Waals surface area contributed by atoms with Crippen molar-refractivity contribution in [3.8, 4) is 0 Å². The van der Waals surface area contributed by atoms with Crippen LogP contribution in [-0.2, 0) is 26.9 Å². The van der Waals surface area contributed by atoms with Crippen molar-refractivity contribution in [3.05, 3.63) is 0 Å². The molecule has 0 saturated carbocycles. The molecule has 0 rings (SSSR count). The molecule has 1 N–H and O–H groups in total. The van der Waals surface area contributed by atoms with E-state index in [2.05, 4.69) is 6.92 Å². The van der Waals surface area contributed by atoms with Crippen LogP contribution in [0, 0.1) is 0 Å². The number of hydrogen-bond donors (Lipinski definition) is 1. The minimum absolute atomic E-state index is 0. The van der Waals surface area contributed by atoms with Gasteiger partial charge in [-0.1, -0.05) is 64.7 Å². The fourth-order valence-corrected chi connectivity index (χ4v) is 2.34. The van der Waals surface area contributed by atoms with Crippen molar-refractivity contribution in [2.24, 2.45) is 0 Å². The zero-order valence-electron chi connectivity index (χ0n) is 12.8. The topological polar surface area (TPSA) is 54.4 Å². The number of hydrogen-bond acceptors (Lipinski definition) is 2. The summed E-state index contributed by atoms with van der Waals surface area (Å²) >= 11 is 0. The second kappa shape index (κ2) is 16.5. The van der Waals surface area contributed by atoms with E-state index in [1.807, 2.05) is 0 Å². The third-order valence-electron chi connectivity index (χ3n) is 2.76. The Balaban J connectivity index is -0.000000375. The van der Waals surface area contributed by atoms with Gasteiger partial charge in [0.15, 0.2) is 0 Å². The Morgan fingerprint density at radius 3 is 1.50 bits per heavy atom. The molecule has 1 radical (unpaired) electrons. The van der Waals surface area contributed by atoms with Crippen LogP contribution in [0.2, 0.25) is 0 Å². The van der Waals surface area contributed by atoms with E-state index in [4.69, 9.17) is 4.55 Å². The SMILES string of the molecule is CCCCCCCCCCCCS(=O)(=O)O.[Co].[H-].[Na+]. The molecule has 0 atom stereocenters. The maximum Gasteiger partial charge on any atom is 1.00 e. The van der Waals surface area contributed by atoms with Gasteiger partial charge in [-0.3, -0.25) is 4.55 Å². The van der Waals surface area contributed by atoms with E-state index in [-0.39, 0.29) is 53.5 Å². The molecule has 0 amide bonds. The first-order valence-corrected chi connectivity index (χ1v) is 8.12. The third-order valence-corrected chi connectivity index (χ3v) is 3.56. The molecular weight excluding hydrogens is 306 g/mol. The summed E-state index contributed by atoms with van der Waals surface area (Å²) in [6, 6.07) is 0. The second-order valence-electron chi connectivity index (χ2n) is 4.47. The van der Waals surface area contributed by atoms with Gasteiger partial charge in [0.05, 0.1) is 5.75 Å². The maximum atomic E-state index is 10.4. The predicted molar refractivity (Wildman–Crippen MR) is 69.4 cm³/mol. The maximum absolute atomic E-state index is 10.4. The van der Waals surface area contributed by atoms with Crippen LogP contribution in [0.25, 0.3) is 0 Å². The van der Waals surface area contributed by atoms with Gasteiger partial charge in [-0.15, -0.1) is 0 Å². The van der Waals surface area contributed by atoms with Crippen LogP contribution in [0.5, 0.6) is 0 Å². The molecular formula is C12H27CoNaO3S. The summed E-state index contributed by atoms with van der Waals surface area (Å²) in [5, 5.41) is 0. The predicted octanol–water partition coefficient (Wildman–Crippen LogP) is 0.909. The van der Waals surface area contributed by atoms with E-state index in [1.54, 1.807) is 0 Å². The smallest absolute Gasteiger partial charge is 1.00 e. The minimum atomic E-state index is -3.73. The van der Waals surface area contributed by atoms with Crippen molar-refractivity contribution < 1.29 is 60.7 Å². The van der Waals surface area contributed by atoms with Crippen LogP contribution in [0.15, 0.2) is 0 Å². The molecule has 0 aromatic carbocycles. The molecule has 3 nitrogen and oxygen atoms in total. The average Bonchev–Trinajstić information content (AvgIpc) is 2.19. The Kier molecular flexibility index (Phi) is 22.4. The Bertz CT molecular complexity index is 251. The summed E-state index contributed by atoms with van der Waals surface area (Å²) in [5.74, 6) is -0.0799. The van der Waals surface area contributed by atoms with E-state index in [0.29, 0.717) is 6.42 Å². The molecule has 6 heteroatoms. The summed E-state index contributed by atoms with van der Waals surface area (Å²) < 4.78 is 29.4. The zero-order chi connectivity index (χ0) is 12.3. The Hall–Kier alpha value is 1.42. The van der Waals surface area contributed by atoms with Gasteiger partial charge in [0.2, 0.25) is 0 Å². The Morgan fingerprint density at radius 1 is 0.833 bits per heavy atom. The molecule has 0 aliphatic rings. The van der Waals surface area contributed by atoms with Crippen molar-refractivity contribution in [1.82, 2.24) is 0 Å². The molecule has 109 valence electrons. The van der Waals surface area contributed by atoms with E-state index >= 15 is 0 Å². The molecule has 0 bridgehead atoms. The fraction of sp³-hybridized carbons (Fsp3) is 1.00. The Morgan fingerprint density at radius 2 is 1.17 bits per heavy atom. The van der Waals surface area contributed by atoms with Crippen molar-refractivity contribution in [2.45, 2.75) is 71.1 Å². The monoisotopic (exact) mass is 333 g/mol. The van der Waals surface area contributed by atoms with Gasteiger partial charge >= 0.3 is 29.6 Å². The van der Waals surface area contributed by atoms with Gasteiger partial charge in [-0.25, -0.2) is 0 Å². The van der Waals surface area contributed by atoms with Gasteiger partial charge in [0.25, 0.3) is 10.1 Å². The van der Waals surface area contributed by atoms with Crippen LogP contribution >= 0.6 is 0 Å². The second-order valence-corrected chi connectivity index (χ2v) is 6.04. The standard InChI is InChI=1S/C12H26O3S.Co.Na.H/c1-2-3-4-5-6-7-8-9-10-11-12-16(13,14)15;;;/h2-12H2,1H3,(H,13,14,15);;;/q;;+1;-1. The summed E-state index contributed by atoms with van der Waals surface area (Å²) in [5.41, 5.74) is 0. The van der Waals surface area contributed by atoms with Crippen LogP contribution in [-0.4, -0.2) is 18.7 Å². The van der Waals surface area contributed by atoms with Crippen molar-refractivity contribution in [1.29, 1.82) is 0 Å². The normalized spacial score (nSPS) is 10.6. The molecule has 0 saturated heterocycles. The molecule has 0 unspecified atom stereocenters. The van der Waals surface area contributed by atoms with Crippen molar-refractivity contribution in [2.75, 3.05) is 5.75 Å². The third kappa shape index (κ3) is 22.6. The zero-order valence-corrected chi connectivity index (χ0v) is 15.6. The van der Waals surface area contributed by atoms with Gasteiger partial charge in [0, 0.05) is 16.8 Å². The van der Waals surface area contributed by atoms with E-state index in [0.717, 1.165) is 12.8 Å². The summed E-state index contributed by atoms with van der Waals surface area (Å²) in [4.78, 5) is 0. The molecule has 0 heterocycles. The van der Waals surface area contributed by atoms with Gasteiger partial charge in [-0.05, 0) is 6.42 Å².